The number of aliphatic hydroxyl groups excluding tert-OH is 1. The normalized spacial score (nSPS) is 13.0. The Kier molecular flexibility index (Phi) is 4.50. The van der Waals surface area contributed by atoms with E-state index in [2.05, 4.69) is 20.3 Å². The third kappa shape index (κ3) is 3.42. The van der Waals surface area contributed by atoms with E-state index in [0.717, 1.165) is 5.56 Å². The Bertz CT molecular complexity index is 1150. The van der Waals surface area contributed by atoms with Crippen LogP contribution in [0.4, 0.5) is 0 Å². The Morgan fingerprint density at radius 1 is 1.25 bits per heavy atom. The lowest BCUT2D eigenvalue weighted by molar-refractivity contribution is 0.0913. The van der Waals surface area contributed by atoms with E-state index >= 15 is 0 Å². The number of H-pyrrole nitrogens is 2. The highest BCUT2D eigenvalue weighted by molar-refractivity contribution is 5.94. The van der Waals surface area contributed by atoms with Gasteiger partial charge in [-0.2, -0.15) is 0 Å². The molecule has 0 radical (unpaired) electrons. The van der Waals surface area contributed by atoms with Crippen LogP contribution in [0.2, 0.25) is 0 Å². The van der Waals surface area contributed by atoms with Crippen LogP contribution in [-0.2, 0) is 6.42 Å². The summed E-state index contributed by atoms with van der Waals surface area (Å²) in [6.45, 7) is -0.000676. The summed E-state index contributed by atoms with van der Waals surface area (Å²) >= 11 is 0. The van der Waals surface area contributed by atoms with Crippen LogP contribution in [-0.4, -0.2) is 32.5 Å². The lowest BCUT2D eigenvalue weighted by Crippen LogP contribution is -2.29. The number of ether oxygens (including phenoxy) is 1. The molecule has 9 heteroatoms. The van der Waals surface area contributed by atoms with Crippen LogP contribution in [0.1, 0.15) is 33.3 Å². The van der Waals surface area contributed by atoms with E-state index in [-0.39, 0.29) is 18.8 Å². The van der Waals surface area contributed by atoms with Gasteiger partial charge in [0.05, 0.1) is 11.3 Å². The van der Waals surface area contributed by atoms with Gasteiger partial charge < -0.3 is 15.2 Å². The summed E-state index contributed by atoms with van der Waals surface area (Å²) in [6, 6.07) is 9.98. The maximum absolute atomic E-state index is 12.4. The zero-order valence-electron chi connectivity index (χ0n) is 14.6. The van der Waals surface area contributed by atoms with E-state index in [9.17, 15) is 19.5 Å². The van der Waals surface area contributed by atoms with Gasteiger partial charge in [0.25, 0.3) is 11.5 Å². The Balaban J connectivity index is 1.49. The number of pyridine rings is 1. The molecule has 0 fully saturated rings. The molecule has 0 spiro atoms. The van der Waals surface area contributed by atoms with Gasteiger partial charge in [0.2, 0.25) is 5.88 Å². The van der Waals surface area contributed by atoms with Crippen molar-refractivity contribution in [3.05, 3.63) is 85.8 Å². The third-order valence-corrected chi connectivity index (χ3v) is 4.40. The molecule has 0 bridgehead atoms. The average Bonchev–Trinajstić information content (AvgIpc) is 2.70. The molecule has 142 valence electrons. The number of carbonyl (C=O) groups is 1. The topological polar surface area (TPSA) is 137 Å². The standard InChI is InChI=1S/C19H16N4O5/c24-14(13-3-1-2-6-20-13)9-21-16(25)11-5-4-10-7-12-17(26)22-19(27)23-18(12)28-15(10)8-11/h1-6,8,14,24H,7,9H2,(H,21,25)(H2,22,23,26,27). The number of nitrogens with one attached hydrogen (secondary N) is 3. The highest BCUT2D eigenvalue weighted by Gasteiger charge is 2.22. The van der Waals surface area contributed by atoms with Crippen molar-refractivity contribution in [2.45, 2.75) is 12.5 Å². The Labute approximate surface area is 158 Å². The highest BCUT2D eigenvalue weighted by Crippen LogP contribution is 2.33. The molecule has 4 N–H and O–H groups in total. The lowest BCUT2D eigenvalue weighted by Gasteiger charge is -2.19. The monoisotopic (exact) mass is 380 g/mol. The summed E-state index contributed by atoms with van der Waals surface area (Å²) in [5.74, 6) is 0.0580. The molecule has 4 rings (SSSR count). The molecule has 0 saturated carbocycles. The zero-order valence-corrected chi connectivity index (χ0v) is 14.6. The molecule has 28 heavy (non-hydrogen) atoms. The molecular formula is C19H16N4O5. The molecule has 1 aromatic carbocycles. The van der Waals surface area contributed by atoms with E-state index < -0.39 is 23.3 Å². The van der Waals surface area contributed by atoms with Gasteiger partial charge in [-0.05, 0) is 29.8 Å². The number of carbonyl (C=O) groups excluding carboxylic acids is 1. The molecule has 2 aromatic heterocycles. The van der Waals surface area contributed by atoms with Crippen molar-refractivity contribution in [3.63, 3.8) is 0 Å². The molecule has 3 aromatic rings. The fourth-order valence-corrected chi connectivity index (χ4v) is 2.95. The second-order valence-corrected chi connectivity index (χ2v) is 6.30. The Morgan fingerprint density at radius 3 is 2.89 bits per heavy atom. The van der Waals surface area contributed by atoms with Crippen molar-refractivity contribution in [1.82, 2.24) is 20.3 Å². The molecule has 9 nitrogen and oxygen atoms in total. The number of aromatic amines is 2. The number of fused-ring (bicyclic) bond motifs is 2. The van der Waals surface area contributed by atoms with E-state index in [4.69, 9.17) is 4.74 Å². The van der Waals surface area contributed by atoms with Crippen molar-refractivity contribution >= 4 is 5.91 Å². The van der Waals surface area contributed by atoms with Crippen molar-refractivity contribution < 1.29 is 14.6 Å². The van der Waals surface area contributed by atoms with Gasteiger partial charge in [-0.25, -0.2) is 4.79 Å². The summed E-state index contributed by atoms with van der Waals surface area (Å²) < 4.78 is 5.61. The first-order valence-corrected chi connectivity index (χ1v) is 8.54. The average molecular weight is 380 g/mol. The van der Waals surface area contributed by atoms with Crippen LogP contribution in [0, 0.1) is 0 Å². The number of hydrogen-bond donors (Lipinski definition) is 4. The van der Waals surface area contributed by atoms with E-state index in [1.807, 2.05) is 0 Å². The minimum absolute atomic E-state index is 0.000676. The number of amides is 1. The molecule has 1 unspecified atom stereocenters. The zero-order chi connectivity index (χ0) is 19.7. The summed E-state index contributed by atoms with van der Waals surface area (Å²) in [7, 11) is 0. The largest absolute Gasteiger partial charge is 0.440 e. The van der Waals surface area contributed by atoms with Crippen LogP contribution >= 0.6 is 0 Å². The minimum Gasteiger partial charge on any atom is -0.440 e. The quantitative estimate of drug-likeness (QED) is 0.410. The van der Waals surface area contributed by atoms with Gasteiger partial charge in [0, 0.05) is 24.7 Å². The van der Waals surface area contributed by atoms with Gasteiger partial charge in [0.15, 0.2) is 0 Å². The number of benzene rings is 1. The number of aliphatic hydroxyl groups is 1. The van der Waals surface area contributed by atoms with Crippen molar-refractivity contribution in [2.75, 3.05) is 6.54 Å². The first-order valence-electron chi connectivity index (χ1n) is 8.54. The molecular weight excluding hydrogens is 364 g/mol. The molecule has 3 heterocycles. The second-order valence-electron chi connectivity index (χ2n) is 6.30. The summed E-state index contributed by atoms with van der Waals surface area (Å²) in [5.41, 5.74) is 0.655. The number of aromatic nitrogens is 3. The van der Waals surface area contributed by atoms with E-state index in [1.165, 1.54) is 6.07 Å². The number of hydrogen-bond acceptors (Lipinski definition) is 6. The fraction of sp³-hybridized carbons (Fsp3) is 0.158. The van der Waals surface area contributed by atoms with Crippen molar-refractivity contribution in [3.8, 4) is 11.6 Å². The van der Waals surface area contributed by atoms with Crippen molar-refractivity contribution in [1.29, 1.82) is 0 Å². The maximum Gasteiger partial charge on any atom is 0.328 e. The Morgan fingerprint density at radius 2 is 2.11 bits per heavy atom. The van der Waals surface area contributed by atoms with Gasteiger partial charge in [-0.1, -0.05) is 12.1 Å². The fourth-order valence-electron chi connectivity index (χ4n) is 2.95. The highest BCUT2D eigenvalue weighted by atomic mass is 16.5. The van der Waals surface area contributed by atoms with Crippen LogP contribution in [0.3, 0.4) is 0 Å². The van der Waals surface area contributed by atoms with E-state index in [1.54, 1.807) is 36.5 Å². The summed E-state index contributed by atoms with van der Waals surface area (Å²) in [6.07, 6.45) is 0.911. The van der Waals surface area contributed by atoms with Gasteiger partial charge in [-0.3, -0.25) is 24.5 Å². The maximum atomic E-state index is 12.4. The molecule has 1 atom stereocenters. The smallest absolute Gasteiger partial charge is 0.328 e. The molecule has 0 aliphatic carbocycles. The number of rotatable bonds is 4. The second kappa shape index (κ2) is 7.12. The van der Waals surface area contributed by atoms with Gasteiger partial charge in [0.1, 0.15) is 11.9 Å². The predicted octanol–water partition coefficient (Wildman–Crippen LogP) is 0.618. The number of nitrogens with zero attached hydrogens (tertiary/aromatic N) is 1. The van der Waals surface area contributed by atoms with Crippen molar-refractivity contribution in [2.24, 2.45) is 0 Å². The molecule has 1 amide bonds. The van der Waals surface area contributed by atoms with Crippen LogP contribution in [0.5, 0.6) is 11.6 Å². The Hall–Kier alpha value is -3.72. The molecule has 1 aliphatic heterocycles. The van der Waals surface area contributed by atoms with Gasteiger partial charge in [-0.15, -0.1) is 0 Å². The van der Waals surface area contributed by atoms with Crippen LogP contribution in [0.25, 0.3) is 0 Å². The first-order chi connectivity index (χ1) is 13.5. The third-order valence-electron chi connectivity index (χ3n) is 4.40. The van der Waals surface area contributed by atoms with E-state index in [0.29, 0.717) is 22.6 Å². The first kappa shape index (κ1) is 17.7. The minimum atomic E-state index is -0.928. The summed E-state index contributed by atoms with van der Waals surface area (Å²) in [4.78, 5) is 44.4. The lowest BCUT2D eigenvalue weighted by atomic mass is 10.0. The summed E-state index contributed by atoms with van der Waals surface area (Å²) in [5, 5.41) is 12.7. The predicted molar refractivity (Wildman–Crippen MR) is 98.5 cm³/mol. The van der Waals surface area contributed by atoms with Gasteiger partial charge >= 0.3 is 5.69 Å². The van der Waals surface area contributed by atoms with Crippen LogP contribution < -0.4 is 21.3 Å². The molecule has 0 saturated heterocycles. The SMILES string of the molecule is O=C(NCC(O)c1ccccn1)c1ccc2c(c1)Oc1[nH]c(=O)[nH]c(=O)c1C2. The molecule has 1 aliphatic rings. The van der Waals surface area contributed by atoms with Crippen LogP contribution in [0.15, 0.2) is 52.2 Å².